The Morgan fingerprint density at radius 3 is 2.15 bits per heavy atom. The zero-order valence-electron chi connectivity index (χ0n) is 26.3. The number of esters is 1. The highest BCUT2D eigenvalue weighted by molar-refractivity contribution is 5.95. The van der Waals surface area contributed by atoms with Gasteiger partial charge in [0, 0.05) is 25.1 Å². The second kappa shape index (κ2) is 16.0. The molecule has 1 aliphatic heterocycles. The van der Waals surface area contributed by atoms with Crippen molar-refractivity contribution in [1.82, 2.24) is 20.7 Å². The first-order valence-corrected chi connectivity index (χ1v) is 15.2. The lowest BCUT2D eigenvalue weighted by atomic mass is 9.64. The number of hydrogen-bond acceptors (Lipinski definition) is 6. The van der Waals surface area contributed by atoms with E-state index in [2.05, 4.69) is 59.2 Å². The van der Waals surface area contributed by atoms with Crippen molar-refractivity contribution in [2.45, 2.75) is 43.2 Å². The van der Waals surface area contributed by atoms with Gasteiger partial charge in [0.15, 0.2) is 11.6 Å². The van der Waals surface area contributed by atoms with Gasteiger partial charge in [-0.15, -0.1) is 12.4 Å². The molecule has 0 aromatic heterocycles. The Hall–Kier alpha value is -4.32. The maximum atomic E-state index is 14.4. The summed E-state index contributed by atoms with van der Waals surface area (Å²) in [6.45, 7) is 0.232. The van der Waals surface area contributed by atoms with E-state index in [1.165, 1.54) is 31.4 Å². The number of rotatable bonds is 12. The number of ether oxygens (including phenoxy) is 2. The fraction of sp³-hybridized carbons (Fsp3) is 0.343. The topological polar surface area (TPSA) is 100 Å². The SMILES string of the molecule is COCC1=C(C(=O)OC)C(c2ccc(F)c(F)c2)N(N(C=O)CCNC2CCC(c3ccccc3)(c3ccccc3)CC2)C(=O)N1.Cl. The van der Waals surface area contributed by atoms with E-state index in [1.54, 1.807) is 0 Å². The van der Waals surface area contributed by atoms with Gasteiger partial charge in [-0.05, 0) is 54.5 Å². The molecule has 12 heteroatoms. The summed E-state index contributed by atoms with van der Waals surface area (Å²) in [7, 11) is 2.55. The molecule has 3 amide bonds. The first-order chi connectivity index (χ1) is 22.3. The molecule has 47 heavy (non-hydrogen) atoms. The Bertz CT molecular complexity index is 1530. The molecule has 250 valence electrons. The number of urea groups is 1. The Labute approximate surface area is 279 Å². The lowest BCUT2D eigenvalue weighted by Crippen LogP contribution is -2.58. The molecule has 1 aliphatic carbocycles. The van der Waals surface area contributed by atoms with E-state index in [0.29, 0.717) is 13.0 Å². The van der Waals surface area contributed by atoms with Crippen LogP contribution in [0, 0.1) is 11.6 Å². The van der Waals surface area contributed by atoms with E-state index in [0.717, 1.165) is 47.8 Å². The number of nitrogens with one attached hydrogen (secondary N) is 2. The summed E-state index contributed by atoms with van der Waals surface area (Å²) in [5, 5.41) is 8.30. The molecule has 2 N–H and O–H groups in total. The van der Waals surface area contributed by atoms with Crippen LogP contribution in [-0.2, 0) is 24.5 Å². The van der Waals surface area contributed by atoms with Crippen molar-refractivity contribution in [1.29, 1.82) is 0 Å². The number of carbonyl (C=O) groups excluding carboxylic acids is 3. The molecule has 3 aromatic rings. The normalized spacial score (nSPS) is 17.8. The number of halogens is 3. The van der Waals surface area contributed by atoms with Crippen molar-refractivity contribution < 1.29 is 32.6 Å². The fourth-order valence-corrected chi connectivity index (χ4v) is 6.68. The molecule has 1 unspecified atom stereocenters. The highest BCUT2D eigenvalue weighted by Gasteiger charge is 2.43. The minimum atomic E-state index is -1.29. The molecule has 1 saturated carbocycles. The highest BCUT2D eigenvalue weighted by Crippen LogP contribution is 2.45. The zero-order chi connectivity index (χ0) is 32.7. The minimum Gasteiger partial charge on any atom is -0.466 e. The number of methoxy groups -OCH3 is 2. The molecule has 9 nitrogen and oxygen atoms in total. The third kappa shape index (κ3) is 7.48. The molecular formula is C35H39ClF2N4O5. The fourth-order valence-electron chi connectivity index (χ4n) is 6.68. The summed E-state index contributed by atoms with van der Waals surface area (Å²) in [6, 6.07) is 22.3. The van der Waals surface area contributed by atoms with Crippen LogP contribution in [0.25, 0.3) is 0 Å². The Balaban J connectivity index is 0.00000500. The van der Waals surface area contributed by atoms with E-state index in [4.69, 9.17) is 9.47 Å². The van der Waals surface area contributed by atoms with Crippen molar-refractivity contribution in [2.24, 2.45) is 0 Å². The molecule has 1 heterocycles. The van der Waals surface area contributed by atoms with E-state index in [9.17, 15) is 23.2 Å². The van der Waals surface area contributed by atoms with Gasteiger partial charge in [0.2, 0.25) is 6.41 Å². The summed E-state index contributed by atoms with van der Waals surface area (Å²) >= 11 is 0. The molecule has 0 radical (unpaired) electrons. The molecule has 0 spiro atoms. The highest BCUT2D eigenvalue weighted by atomic mass is 35.5. The zero-order valence-corrected chi connectivity index (χ0v) is 27.1. The summed E-state index contributed by atoms with van der Waals surface area (Å²) in [5.74, 6) is -3.08. The predicted octanol–water partition coefficient (Wildman–Crippen LogP) is 5.42. The molecule has 0 bridgehead atoms. The van der Waals surface area contributed by atoms with E-state index < -0.39 is 29.7 Å². The summed E-state index contributed by atoms with van der Waals surface area (Å²) in [6.07, 6.45) is 4.11. The van der Waals surface area contributed by atoms with Crippen molar-refractivity contribution in [3.8, 4) is 0 Å². The lowest BCUT2D eigenvalue weighted by Gasteiger charge is -2.43. The van der Waals surface area contributed by atoms with Gasteiger partial charge in [-0.25, -0.2) is 23.4 Å². The first kappa shape index (κ1) is 35.5. The second-order valence-corrected chi connectivity index (χ2v) is 11.5. The molecule has 0 saturated heterocycles. The van der Waals surface area contributed by atoms with Crippen LogP contribution >= 0.6 is 12.4 Å². The second-order valence-electron chi connectivity index (χ2n) is 11.5. The third-order valence-corrected chi connectivity index (χ3v) is 8.93. The van der Waals surface area contributed by atoms with Gasteiger partial charge in [-0.3, -0.25) is 9.80 Å². The number of benzene rings is 3. The Kier molecular flexibility index (Phi) is 12.1. The standard InChI is InChI=1S/C35H38F2N4O5.ClH/c1-45-22-30-31(33(43)46-2)32(24-13-14-28(36)29(37)21-24)41(34(44)39-30)40(23-42)20-19-38-27-15-17-35(18-16-27,25-9-5-3-6-10-25)26-11-7-4-8-12-26;/h3-14,21,23,27,32,38H,15-20,22H2,1-2H3,(H,39,44);1H. The third-order valence-electron chi connectivity index (χ3n) is 8.93. The van der Waals surface area contributed by atoms with Gasteiger partial charge < -0.3 is 20.1 Å². The first-order valence-electron chi connectivity index (χ1n) is 15.2. The van der Waals surface area contributed by atoms with Gasteiger partial charge in [0.25, 0.3) is 0 Å². The number of carbonyl (C=O) groups is 3. The van der Waals surface area contributed by atoms with Crippen molar-refractivity contribution in [3.63, 3.8) is 0 Å². The van der Waals surface area contributed by atoms with Crippen LogP contribution in [0.5, 0.6) is 0 Å². The minimum absolute atomic E-state index is 0. The van der Waals surface area contributed by atoms with Crippen molar-refractivity contribution >= 4 is 30.8 Å². The van der Waals surface area contributed by atoms with Gasteiger partial charge in [-0.1, -0.05) is 66.7 Å². The van der Waals surface area contributed by atoms with Crippen LogP contribution in [0.2, 0.25) is 0 Å². The predicted molar refractivity (Wildman–Crippen MR) is 174 cm³/mol. The molecular weight excluding hydrogens is 630 g/mol. The van der Waals surface area contributed by atoms with E-state index >= 15 is 0 Å². The molecule has 3 aromatic carbocycles. The lowest BCUT2D eigenvalue weighted by molar-refractivity contribution is -0.141. The Morgan fingerprint density at radius 1 is 1.00 bits per heavy atom. The summed E-state index contributed by atoms with van der Waals surface area (Å²) in [5.41, 5.74) is 2.57. The van der Waals surface area contributed by atoms with E-state index in [1.807, 2.05) is 12.1 Å². The average Bonchev–Trinajstić information content (AvgIpc) is 3.09. The largest absolute Gasteiger partial charge is 0.466 e. The van der Waals surface area contributed by atoms with Crippen LogP contribution in [-0.4, -0.2) is 68.4 Å². The number of hydrogen-bond donors (Lipinski definition) is 2. The summed E-state index contributed by atoms with van der Waals surface area (Å²) in [4.78, 5) is 39.0. The quantitative estimate of drug-likeness (QED) is 0.198. The van der Waals surface area contributed by atoms with Crippen LogP contribution in [0.3, 0.4) is 0 Å². The van der Waals surface area contributed by atoms with E-state index in [-0.39, 0.29) is 53.8 Å². The van der Waals surface area contributed by atoms with Crippen LogP contribution in [0.1, 0.15) is 48.4 Å². The smallest absolute Gasteiger partial charge is 0.341 e. The molecule has 1 fully saturated rings. The maximum absolute atomic E-state index is 14.4. The Morgan fingerprint density at radius 2 is 1.62 bits per heavy atom. The maximum Gasteiger partial charge on any atom is 0.341 e. The van der Waals surface area contributed by atoms with Gasteiger partial charge >= 0.3 is 12.0 Å². The van der Waals surface area contributed by atoms with Gasteiger partial charge in [-0.2, -0.15) is 0 Å². The van der Waals surface area contributed by atoms with Gasteiger partial charge in [0.1, 0.15) is 6.04 Å². The molecule has 2 aliphatic rings. The molecule has 5 rings (SSSR count). The van der Waals surface area contributed by atoms with Crippen LogP contribution in [0.4, 0.5) is 13.6 Å². The number of amides is 3. The molecule has 1 atom stereocenters. The van der Waals surface area contributed by atoms with Crippen LogP contribution < -0.4 is 10.6 Å². The number of nitrogens with zero attached hydrogens (tertiary/aromatic N) is 2. The number of hydrazine groups is 1. The summed E-state index contributed by atoms with van der Waals surface area (Å²) < 4.78 is 38.5. The monoisotopic (exact) mass is 668 g/mol. The van der Waals surface area contributed by atoms with Crippen LogP contribution in [0.15, 0.2) is 90.1 Å². The van der Waals surface area contributed by atoms with Gasteiger partial charge in [0.05, 0.1) is 31.5 Å². The average molecular weight is 669 g/mol. The van der Waals surface area contributed by atoms with Crippen molar-refractivity contribution in [2.75, 3.05) is 33.9 Å². The van der Waals surface area contributed by atoms with Crippen molar-refractivity contribution in [3.05, 3.63) is 118 Å².